The van der Waals surface area contributed by atoms with Crippen LogP contribution in [0.1, 0.15) is 32.0 Å². The molecule has 2 saturated heterocycles. The van der Waals surface area contributed by atoms with Gasteiger partial charge in [-0.3, -0.25) is 14.6 Å². The first-order chi connectivity index (χ1) is 17.8. The number of carbonyl (C=O) groups excluding carboxylic acids is 2. The zero-order valence-corrected chi connectivity index (χ0v) is 22.0. The van der Waals surface area contributed by atoms with Gasteiger partial charge in [0.05, 0.1) is 18.2 Å². The molecule has 0 saturated carbocycles. The van der Waals surface area contributed by atoms with Crippen molar-refractivity contribution in [3.63, 3.8) is 0 Å². The van der Waals surface area contributed by atoms with Crippen LogP contribution in [-0.2, 0) is 22.6 Å². The van der Waals surface area contributed by atoms with Crippen LogP contribution < -0.4 is 4.90 Å². The van der Waals surface area contributed by atoms with Gasteiger partial charge < -0.3 is 19.7 Å². The van der Waals surface area contributed by atoms with Gasteiger partial charge in [0.25, 0.3) is 0 Å². The summed E-state index contributed by atoms with van der Waals surface area (Å²) >= 11 is 0. The van der Waals surface area contributed by atoms with Crippen LogP contribution in [0.25, 0.3) is 0 Å². The topological polar surface area (TPSA) is 80.2 Å². The highest BCUT2D eigenvalue weighted by atomic mass is 19.1. The molecule has 37 heavy (non-hydrogen) atoms. The lowest BCUT2D eigenvalue weighted by molar-refractivity contribution is -0.138. The standard InChI is InChI=1S/C28H38FN5O3/c1-4-31-11-12-33(15-20(31)3)24-17-34(18-24)27-8-6-7-23(30-27)16-32(5-2)28(37)22(19-35)13-21-9-10-25(36)14-26(21)29/h6-10,14,19-20,22,24,36H,4-5,11-13,15-18H2,1-3H3/t20-,22?/m1/s1. The Hall–Kier alpha value is -3.04. The molecule has 1 aromatic carbocycles. The highest BCUT2D eigenvalue weighted by Crippen LogP contribution is 2.25. The highest BCUT2D eigenvalue weighted by Gasteiger charge is 2.36. The molecule has 8 nitrogen and oxygen atoms in total. The third-order valence-corrected chi connectivity index (χ3v) is 7.70. The highest BCUT2D eigenvalue weighted by molar-refractivity contribution is 5.92. The summed E-state index contributed by atoms with van der Waals surface area (Å²) in [6, 6.07) is 10.7. The van der Waals surface area contributed by atoms with E-state index in [9.17, 15) is 19.1 Å². The minimum atomic E-state index is -1.01. The zero-order valence-electron chi connectivity index (χ0n) is 22.0. The summed E-state index contributed by atoms with van der Waals surface area (Å²) in [6.45, 7) is 13.3. The van der Waals surface area contributed by atoms with Gasteiger partial charge in [0, 0.05) is 57.4 Å². The maximum absolute atomic E-state index is 14.2. The lowest BCUT2D eigenvalue weighted by Gasteiger charge is -2.50. The number of rotatable bonds is 10. The molecular weight excluding hydrogens is 473 g/mol. The Kier molecular flexibility index (Phi) is 8.76. The first-order valence-corrected chi connectivity index (χ1v) is 13.2. The molecular formula is C28H38FN5O3. The number of piperazine rings is 1. The predicted molar refractivity (Wildman–Crippen MR) is 141 cm³/mol. The fourth-order valence-electron chi connectivity index (χ4n) is 5.34. The second-order valence-corrected chi connectivity index (χ2v) is 10.1. The summed E-state index contributed by atoms with van der Waals surface area (Å²) in [5, 5.41) is 9.42. The van der Waals surface area contributed by atoms with Crippen molar-refractivity contribution in [3.05, 3.63) is 53.5 Å². The number of carbonyl (C=O) groups is 2. The van der Waals surface area contributed by atoms with Crippen molar-refractivity contribution in [2.45, 2.75) is 45.8 Å². The number of hydrogen-bond acceptors (Lipinski definition) is 7. The minimum absolute atomic E-state index is 0.0568. The largest absolute Gasteiger partial charge is 0.508 e. The van der Waals surface area contributed by atoms with Crippen molar-refractivity contribution in [1.82, 2.24) is 19.7 Å². The smallest absolute Gasteiger partial charge is 0.233 e. The van der Waals surface area contributed by atoms with Crippen molar-refractivity contribution in [2.75, 3.05) is 50.7 Å². The number of benzene rings is 1. The van der Waals surface area contributed by atoms with Gasteiger partial charge in [0.2, 0.25) is 5.91 Å². The van der Waals surface area contributed by atoms with E-state index in [1.54, 1.807) is 4.90 Å². The fourth-order valence-corrected chi connectivity index (χ4v) is 5.34. The summed E-state index contributed by atoms with van der Waals surface area (Å²) in [7, 11) is 0. The Labute approximate surface area is 218 Å². The molecule has 200 valence electrons. The minimum Gasteiger partial charge on any atom is -0.508 e. The Morgan fingerprint density at radius 1 is 1.22 bits per heavy atom. The van der Waals surface area contributed by atoms with Crippen molar-refractivity contribution in [1.29, 1.82) is 0 Å². The monoisotopic (exact) mass is 511 g/mol. The van der Waals surface area contributed by atoms with Crippen molar-refractivity contribution < 1.29 is 19.1 Å². The van der Waals surface area contributed by atoms with Crippen molar-refractivity contribution in [2.24, 2.45) is 5.92 Å². The number of aldehydes is 1. The molecule has 1 aromatic heterocycles. The van der Waals surface area contributed by atoms with Gasteiger partial charge in [-0.1, -0.05) is 19.1 Å². The predicted octanol–water partition coefficient (Wildman–Crippen LogP) is 2.55. The van der Waals surface area contributed by atoms with Gasteiger partial charge in [-0.15, -0.1) is 0 Å². The van der Waals surface area contributed by atoms with E-state index in [4.69, 9.17) is 4.98 Å². The number of hydrogen-bond donors (Lipinski definition) is 1. The maximum atomic E-state index is 14.2. The molecule has 0 bridgehead atoms. The van der Waals surface area contributed by atoms with Crippen LogP contribution in [0, 0.1) is 11.7 Å². The van der Waals surface area contributed by atoms with Gasteiger partial charge in [-0.2, -0.15) is 0 Å². The van der Waals surface area contributed by atoms with Crippen molar-refractivity contribution in [3.8, 4) is 5.75 Å². The maximum Gasteiger partial charge on any atom is 0.233 e. The van der Waals surface area contributed by atoms with E-state index in [1.165, 1.54) is 12.1 Å². The Morgan fingerprint density at radius 2 is 2.00 bits per heavy atom. The Balaban J connectivity index is 1.35. The summed E-state index contributed by atoms with van der Waals surface area (Å²) in [5.74, 6) is -1.30. The first kappa shape index (κ1) is 27.0. The zero-order chi connectivity index (χ0) is 26.5. The number of pyridine rings is 1. The van der Waals surface area contributed by atoms with Crippen molar-refractivity contribution >= 4 is 18.0 Å². The molecule has 2 aliphatic rings. The number of nitrogens with zero attached hydrogens (tertiary/aromatic N) is 5. The van der Waals surface area contributed by atoms with E-state index < -0.39 is 11.7 Å². The Bertz CT molecular complexity index is 1090. The molecule has 2 aliphatic heterocycles. The number of aromatic hydroxyl groups is 1. The molecule has 3 heterocycles. The normalized spacial score (nSPS) is 19.9. The van der Waals surface area contributed by atoms with Crippen LogP contribution in [0.3, 0.4) is 0 Å². The number of phenols is 1. The first-order valence-electron chi connectivity index (χ1n) is 13.2. The van der Waals surface area contributed by atoms with E-state index in [0.29, 0.717) is 24.9 Å². The number of anilines is 1. The van der Waals surface area contributed by atoms with E-state index in [1.807, 2.05) is 25.1 Å². The second-order valence-electron chi connectivity index (χ2n) is 10.1. The lowest BCUT2D eigenvalue weighted by atomic mass is 9.98. The number of halogens is 1. The summed E-state index contributed by atoms with van der Waals surface area (Å²) < 4.78 is 14.2. The molecule has 2 aromatic rings. The average molecular weight is 512 g/mol. The number of likely N-dealkylation sites (N-methyl/N-ethyl adjacent to an activating group) is 1. The molecule has 0 spiro atoms. The summed E-state index contributed by atoms with van der Waals surface area (Å²) in [4.78, 5) is 38.7. The van der Waals surface area contributed by atoms with Crippen LogP contribution in [0.4, 0.5) is 10.2 Å². The lowest BCUT2D eigenvalue weighted by Crippen LogP contribution is -2.64. The molecule has 0 radical (unpaired) electrons. The molecule has 4 rings (SSSR count). The molecule has 2 atom stereocenters. The number of phenolic OH excluding ortho intramolecular Hbond substituents is 1. The molecule has 1 unspecified atom stereocenters. The SMILES string of the molecule is CCN(Cc1cccc(N2CC(N3CCN(CC)[C@H](C)C3)C2)n1)C(=O)C(C=O)Cc1ccc(O)cc1F. The average Bonchev–Trinajstić information content (AvgIpc) is 2.86. The van der Waals surface area contributed by atoms with Crippen LogP contribution in [-0.4, -0.2) is 94.9 Å². The van der Waals surface area contributed by atoms with E-state index in [2.05, 4.69) is 28.5 Å². The van der Waals surface area contributed by atoms with Gasteiger partial charge in [0.1, 0.15) is 23.7 Å². The van der Waals surface area contributed by atoms with Gasteiger partial charge >= 0.3 is 0 Å². The van der Waals surface area contributed by atoms with E-state index >= 15 is 0 Å². The quantitative estimate of drug-likeness (QED) is 0.388. The molecule has 0 aliphatic carbocycles. The summed E-state index contributed by atoms with van der Waals surface area (Å²) in [5.41, 5.74) is 0.971. The van der Waals surface area contributed by atoms with E-state index in [0.717, 1.165) is 56.8 Å². The number of aromatic nitrogens is 1. The second kappa shape index (κ2) is 12.0. The molecule has 1 N–H and O–H groups in total. The molecule has 9 heteroatoms. The van der Waals surface area contributed by atoms with E-state index in [-0.39, 0.29) is 30.2 Å². The van der Waals surface area contributed by atoms with Gasteiger partial charge in [-0.05, 0) is 50.6 Å². The molecule has 1 amide bonds. The van der Waals surface area contributed by atoms with Crippen LogP contribution in [0.5, 0.6) is 5.75 Å². The van der Waals surface area contributed by atoms with Crippen LogP contribution >= 0.6 is 0 Å². The third kappa shape index (κ3) is 6.27. The Morgan fingerprint density at radius 3 is 2.65 bits per heavy atom. The van der Waals surface area contributed by atoms with Crippen LogP contribution in [0.15, 0.2) is 36.4 Å². The van der Waals surface area contributed by atoms with Gasteiger partial charge in [0.15, 0.2) is 0 Å². The number of amides is 1. The fraction of sp³-hybridized carbons (Fsp3) is 0.536. The summed E-state index contributed by atoms with van der Waals surface area (Å²) in [6.07, 6.45) is 0.515. The molecule has 2 fully saturated rings. The van der Waals surface area contributed by atoms with Crippen LogP contribution in [0.2, 0.25) is 0 Å². The third-order valence-electron chi connectivity index (χ3n) is 7.70. The van der Waals surface area contributed by atoms with Gasteiger partial charge in [-0.25, -0.2) is 9.37 Å².